The summed E-state index contributed by atoms with van der Waals surface area (Å²) in [7, 11) is 0. The van der Waals surface area contributed by atoms with E-state index in [-0.39, 0.29) is 0 Å². The highest BCUT2D eigenvalue weighted by Gasteiger charge is 2.09. The molecule has 0 saturated carbocycles. The second-order valence-corrected chi connectivity index (χ2v) is 4.51. The fourth-order valence-electron chi connectivity index (χ4n) is 2.30. The van der Waals surface area contributed by atoms with E-state index < -0.39 is 5.97 Å². The predicted molar refractivity (Wildman–Crippen MR) is 73.7 cm³/mol. The maximum atomic E-state index is 11.0. The first-order valence-electron chi connectivity index (χ1n) is 6.38. The highest BCUT2D eigenvalue weighted by molar-refractivity contribution is 5.93. The average Bonchev–Trinajstić information content (AvgIpc) is 3.05. The van der Waals surface area contributed by atoms with Crippen LogP contribution in [0.1, 0.15) is 23.1 Å². The van der Waals surface area contributed by atoms with Gasteiger partial charge in [0.1, 0.15) is 12.2 Å². The number of hydrogen-bond acceptors (Lipinski definition) is 3. The maximum absolute atomic E-state index is 11.0. The van der Waals surface area contributed by atoms with Gasteiger partial charge in [0, 0.05) is 23.6 Å². The van der Waals surface area contributed by atoms with Crippen molar-refractivity contribution in [1.29, 1.82) is 0 Å². The van der Waals surface area contributed by atoms with E-state index in [2.05, 4.69) is 10.1 Å². The van der Waals surface area contributed by atoms with E-state index in [1.807, 2.05) is 34.5 Å². The fourth-order valence-corrected chi connectivity index (χ4v) is 2.30. The van der Waals surface area contributed by atoms with Crippen LogP contribution in [0, 0.1) is 0 Å². The van der Waals surface area contributed by atoms with Gasteiger partial charge in [-0.3, -0.25) is 0 Å². The standard InChI is InChI=1S/C14H14N4O2/c1-2-18-13(15-9-16-18)8-17-6-5-10-7-11(14(19)20)3-4-12(10)17/h3-7,9H,2,8H2,1H3,(H,19,20). The SMILES string of the molecule is CCn1ncnc1Cn1ccc2cc(C(=O)O)ccc21. The molecular formula is C14H14N4O2. The lowest BCUT2D eigenvalue weighted by atomic mass is 10.1. The van der Waals surface area contributed by atoms with Crippen molar-refractivity contribution in [2.24, 2.45) is 0 Å². The van der Waals surface area contributed by atoms with E-state index in [0.29, 0.717) is 12.1 Å². The first-order chi connectivity index (χ1) is 9.69. The van der Waals surface area contributed by atoms with Gasteiger partial charge in [-0.1, -0.05) is 0 Å². The van der Waals surface area contributed by atoms with Crippen molar-refractivity contribution >= 4 is 16.9 Å². The first-order valence-corrected chi connectivity index (χ1v) is 6.38. The molecule has 102 valence electrons. The van der Waals surface area contributed by atoms with Crippen molar-refractivity contribution in [2.75, 3.05) is 0 Å². The van der Waals surface area contributed by atoms with Crippen LogP contribution >= 0.6 is 0 Å². The summed E-state index contributed by atoms with van der Waals surface area (Å²) in [5, 5.41) is 14.1. The number of aryl methyl sites for hydroxylation is 1. The Morgan fingerprint density at radius 2 is 2.20 bits per heavy atom. The summed E-state index contributed by atoms with van der Waals surface area (Å²) in [6.45, 7) is 3.41. The third-order valence-electron chi connectivity index (χ3n) is 3.32. The Labute approximate surface area is 115 Å². The van der Waals surface area contributed by atoms with Crippen LogP contribution in [0.15, 0.2) is 36.8 Å². The van der Waals surface area contributed by atoms with E-state index in [1.54, 1.807) is 18.5 Å². The zero-order valence-electron chi connectivity index (χ0n) is 11.0. The monoisotopic (exact) mass is 270 g/mol. The van der Waals surface area contributed by atoms with Crippen LogP contribution in [0.25, 0.3) is 10.9 Å². The smallest absolute Gasteiger partial charge is 0.335 e. The van der Waals surface area contributed by atoms with E-state index in [4.69, 9.17) is 5.11 Å². The summed E-state index contributed by atoms with van der Waals surface area (Å²) in [6, 6.07) is 7.03. The summed E-state index contributed by atoms with van der Waals surface area (Å²) in [4.78, 5) is 15.2. The molecule has 0 saturated heterocycles. The summed E-state index contributed by atoms with van der Waals surface area (Å²) in [6.07, 6.45) is 3.48. The number of nitrogens with zero attached hydrogens (tertiary/aromatic N) is 4. The number of fused-ring (bicyclic) bond motifs is 1. The molecule has 0 amide bonds. The molecule has 1 aromatic carbocycles. The predicted octanol–water partition coefficient (Wildman–Crippen LogP) is 2.00. The minimum atomic E-state index is -0.912. The minimum absolute atomic E-state index is 0.298. The molecule has 3 rings (SSSR count). The lowest BCUT2D eigenvalue weighted by molar-refractivity contribution is 0.0697. The van der Waals surface area contributed by atoms with Crippen molar-refractivity contribution in [3.05, 3.63) is 48.2 Å². The molecule has 1 N–H and O–H groups in total. The molecule has 0 spiro atoms. The van der Waals surface area contributed by atoms with Crippen LogP contribution in [-0.4, -0.2) is 30.4 Å². The van der Waals surface area contributed by atoms with Crippen molar-refractivity contribution in [3.8, 4) is 0 Å². The molecule has 0 atom stereocenters. The van der Waals surface area contributed by atoms with E-state index in [9.17, 15) is 4.79 Å². The molecule has 0 aliphatic carbocycles. The summed E-state index contributed by atoms with van der Waals surface area (Å²) in [5.41, 5.74) is 1.28. The molecule has 0 unspecified atom stereocenters. The van der Waals surface area contributed by atoms with Crippen molar-refractivity contribution < 1.29 is 9.90 Å². The molecule has 3 aromatic rings. The van der Waals surface area contributed by atoms with E-state index in [1.165, 1.54) is 0 Å². The lowest BCUT2D eigenvalue weighted by Gasteiger charge is -2.06. The molecule has 0 bridgehead atoms. The summed E-state index contributed by atoms with van der Waals surface area (Å²) >= 11 is 0. The topological polar surface area (TPSA) is 72.9 Å². The van der Waals surface area contributed by atoms with Gasteiger partial charge in [-0.15, -0.1) is 0 Å². The minimum Gasteiger partial charge on any atom is -0.478 e. The molecule has 20 heavy (non-hydrogen) atoms. The second kappa shape index (κ2) is 4.80. The number of aromatic nitrogens is 4. The van der Waals surface area contributed by atoms with Gasteiger partial charge < -0.3 is 9.67 Å². The Bertz CT molecular complexity index is 772. The van der Waals surface area contributed by atoms with E-state index in [0.717, 1.165) is 23.3 Å². The van der Waals surface area contributed by atoms with Crippen LogP contribution in [0.5, 0.6) is 0 Å². The maximum Gasteiger partial charge on any atom is 0.335 e. The van der Waals surface area contributed by atoms with Gasteiger partial charge in [-0.2, -0.15) is 5.10 Å². The number of carbonyl (C=O) groups is 1. The highest BCUT2D eigenvalue weighted by Crippen LogP contribution is 2.18. The van der Waals surface area contributed by atoms with Gasteiger partial charge in [0.25, 0.3) is 0 Å². The van der Waals surface area contributed by atoms with Crippen LogP contribution in [0.2, 0.25) is 0 Å². The third kappa shape index (κ3) is 2.05. The zero-order chi connectivity index (χ0) is 14.1. The Balaban J connectivity index is 1.99. The quantitative estimate of drug-likeness (QED) is 0.787. The molecule has 2 heterocycles. The van der Waals surface area contributed by atoms with E-state index >= 15 is 0 Å². The van der Waals surface area contributed by atoms with Gasteiger partial charge in [0.2, 0.25) is 0 Å². The zero-order valence-corrected chi connectivity index (χ0v) is 11.0. The number of carboxylic acids is 1. The largest absolute Gasteiger partial charge is 0.478 e. The number of benzene rings is 1. The summed E-state index contributed by atoms with van der Waals surface area (Å²) < 4.78 is 3.88. The molecule has 0 aliphatic heterocycles. The Kier molecular flexibility index (Phi) is 2.98. The normalized spacial score (nSPS) is 11.1. The molecular weight excluding hydrogens is 256 g/mol. The summed E-state index contributed by atoms with van der Waals surface area (Å²) in [5.74, 6) is -0.0299. The van der Waals surface area contributed by atoms with Crippen molar-refractivity contribution in [3.63, 3.8) is 0 Å². The molecule has 2 aromatic heterocycles. The van der Waals surface area contributed by atoms with Gasteiger partial charge in [0.05, 0.1) is 12.1 Å². The Morgan fingerprint density at radius 1 is 1.35 bits per heavy atom. The van der Waals surface area contributed by atoms with Crippen LogP contribution in [-0.2, 0) is 13.1 Å². The van der Waals surface area contributed by atoms with Crippen LogP contribution < -0.4 is 0 Å². The van der Waals surface area contributed by atoms with Gasteiger partial charge >= 0.3 is 5.97 Å². The van der Waals surface area contributed by atoms with Gasteiger partial charge in [0.15, 0.2) is 0 Å². The molecule has 6 nitrogen and oxygen atoms in total. The number of hydrogen-bond donors (Lipinski definition) is 1. The Morgan fingerprint density at radius 3 is 2.95 bits per heavy atom. The van der Waals surface area contributed by atoms with Crippen molar-refractivity contribution in [1.82, 2.24) is 19.3 Å². The number of carboxylic acid groups (broad SMARTS) is 1. The second-order valence-electron chi connectivity index (χ2n) is 4.51. The van der Waals surface area contributed by atoms with Gasteiger partial charge in [-0.05, 0) is 31.2 Å². The Hall–Kier alpha value is -2.63. The fraction of sp³-hybridized carbons (Fsp3) is 0.214. The average molecular weight is 270 g/mol. The highest BCUT2D eigenvalue weighted by atomic mass is 16.4. The van der Waals surface area contributed by atoms with Crippen molar-refractivity contribution in [2.45, 2.75) is 20.0 Å². The van der Waals surface area contributed by atoms with Gasteiger partial charge in [-0.25, -0.2) is 14.5 Å². The lowest BCUT2D eigenvalue weighted by Crippen LogP contribution is -2.08. The molecule has 0 radical (unpaired) electrons. The number of rotatable bonds is 4. The van der Waals surface area contributed by atoms with Crippen LogP contribution in [0.4, 0.5) is 0 Å². The first kappa shape index (κ1) is 12.4. The molecule has 6 heteroatoms. The van der Waals surface area contributed by atoms with Crippen LogP contribution in [0.3, 0.4) is 0 Å². The third-order valence-corrected chi connectivity index (χ3v) is 3.32. The number of aromatic carboxylic acids is 1. The molecule has 0 aliphatic rings. The molecule has 0 fully saturated rings.